The topological polar surface area (TPSA) is 82.9 Å². The summed E-state index contributed by atoms with van der Waals surface area (Å²) in [6.45, 7) is 4.51. The first-order valence-electron chi connectivity index (χ1n) is 12.7. The zero-order valence-electron chi connectivity index (χ0n) is 21.1. The van der Waals surface area contributed by atoms with E-state index >= 15 is 0 Å². The van der Waals surface area contributed by atoms with Gasteiger partial charge in [-0.25, -0.2) is 0 Å². The molecule has 0 bridgehead atoms. The monoisotopic (exact) mass is 508 g/mol. The van der Waals surface area contributed by atoms with Crippen LogP contribution in [0.3, 0.4) is 0 Å². The number of methoxy groups -OCH3 is 1. The number of thioether (sulfide) groups is 1. The lowest BCUT2D eigenvalue weighted by Gasteiger charge is -2.37. The van der Waals surface area contributed by atoms with Gasteiger partial charge in [-0.05, 0) is 99.3 Å². The van der Waals surface area contributed by atoms with Crippen LogP contribution in [0.4, 0.5) is 0 Å². The van der Waals surface area contributed by atoms with E-state index in [0.29, 0.717) is 19.4 Å². The molecule has 192 valence electrons. The van der Waals surface area contributed by atoms with E-state index in [0.717, 1.165) is 53.9 Å². The molecule has 36 heavy (non-hydrogen) atoms. The Morgan fingerprint density at radius 1 is 1.22 bits per heavy atom. The summed E-state index contributed by atoms with van der Waals surface area (Å²) < 4.78 is 5.34. The van der Waals surface area contributed by atoms with Gasteiger partial charge >= 0.3 is 5.97 Å². The Kier molecular flexibility index (Phi) is 9.24. The molecule has 3 atom stereocenters. The van der Waals surface area contributed by atoms with Crippen molar-refractivity contribution in [2.45, 2.75) is 43.6 Å². The minimum absolute atomic E-state index is 0.0676. The lowest BCUT2D eigenvalue weighted by atomic mass is 9.81. The fourth-order valence-electron chi connectivity index (χ4n) is 5.10. The van der Waals surface area contributed by atoms with Gasteiger partial charge < -0.3 is 19.8 Å². The zero-order chi connectivity index (χ0) is 25.5. The smallest absolute Gasteiger partial charge is 0.308 e. The van der Waals surface area contributed by atoms with Crippen molar-refractivity contribution in [2.24, 2.45) is 11.8 Å². The Labute approximate surface area is 217 Å². The molecule has 0 saturated carbocycles. The molecule has 0 spiro atoms. The van der Waals surface area contributed by atoms with Crippen molar-refractivity contribution in [3.8, 4) is 5.75 Å². The van der Waals surface area contributed by atoms with Crippen LogP contribution in [0.25, 0.3) is 10.9 Å². The van der Waals surface area contributed by atoms with Crippen LogP contribution in [-0.4, -0.2) is 58.6 Å². The quantitative estimate of drug-likeness (QED) is 0.259. The highest BCUT2D eigenvalue weighted by molar-refractivity contribution is 7.99. The number of aliphatic carboxylic acids is 1. The highest BCUT2D eigenvalue weighted by atomic mass is 32.2. The summed E-state index contributed by atoms with van der Waals surface area (Å²) in [4.78, 5) is 20.1. The van der Waals surface area contributed by atoms with Crippen LogP contribution >= 0.6 is 11.8 Å². The van der Waals surface area contributed by atoms with Gasteiger partial charge in [-0.15, -0.1) is 11.8 Å². The first-order chi connectivity index (χ1) is 17.4. The minimum Gasteiger partial charge on any atom is -0.497 e. The molecule has 1 aliphatic rings. The second-order valence-corrected chi connectivity index (χ2v) is 10.9. The van der Waals surface area contributed by atoms with E-state index in [9.17, 15) is 15.0 Å². The summed E-state index contributed by atoms with van der Waals surface area (Å²) in [5, 5.41) is 21.8. The van der Waals surface area contributed by atoms with Crippen molar-refractivity contribution in [2.75, 3.05) is 32.5 Å². The predicted octanol–water partition coefficient (Wildman–Crippen LogP) is 5.57. The zero-order valence-corrected chi connectivity index (χ0v) is 21.9. The van der Waals surface area contributed by atoms with Gasteiger partial charge in [-0.1, -0.05) is 17.7 Å². The van der Waals surface area contributed by atoms with E-state index in [4.69, 9.17) is 4.74 Å². The first-order valence-corrected chi connectivity index (χ1v) is 13.7. The van der Waals surface area contributed by atoms with Crippen LogP contribution in [0.2, 0.25) is 0 Å². The van der Waals surface area contributed by atoms with Gasteiger partial charge in [-0.3, -0.25) is 9.78 Å². The first kappa shape index (κ1) is 26.5. The molecule has 6 nitrogen and oxygen atoms in total. The van der Waals surface area contributed by atoms with Crippen LogP contribution in [-0.2, 0) is 4.79 Å². The number of rotatable bonds is 11. The van der Waals surface area contributed by atoms with Crippen molar-refractivity contribution < 1.29 is 19.7 Å². The summed E-state index contributed by atoms with van der Waals surface area (Å²) in [6.07, 6.45) is 4.13. The number of likely N-dealkylation sites (tertiary alicyclic amines) is 1. The Morgan fingerprint density at radius 2 is 2.03 bits per heavy atom. The average Bonchev–Trinajstić information content (AvgIpc) is 2.90. The fourth-order valence-corrected chi connectivity index (χ4v) is 5.94. The van der Waals surface area contributed by atoms with Gasteiger partial charge in [-0.2, -0.15) is 0 Å². The molecule has 7 heteroatoms. The van der Waals surface area contributed by atoms with Crippen LogP contribution < -0.4 is 4.74 Å². The number of fused-ring (bicyclic) bond motifs is 1. The van der Waals surface area contributed by atoms with Crippen molar-refractivity contribution in [1.82, 2.24) is 9.88 Å². The number of carboxylic acids is 1. The summed E-state index contributed by atoms with van der Waals surface area (Å²) in [5.41, 5.74) is 2.89. The third-order valence-electron chi connectivity index (χ3n) is 7.22. The molecular formula is C29H36N2O4S. The standard InChI is InChI=1S/C29H36N2O4S/c1-20-4-8-23(9-5-20)36-17-3-15-31-16-13-21(26(19-31)29(33)34)6-11-28(32)24-12-14-30-27-10-7-22(35-2)18-25(24)27/h4-5,7-10,12,14,18,21,26,28,32H,3,6,11,13,15-17,19H2,1-2H3,(H,33,34)/t21-,26+,28?/m1/s1. The van der Waals surface area contributed by atoms with Crippen LogP contribution in [0, 0.1) is 18.8 Å². The number of hydrogen-bond donors (Lipinski definition) is 2. The lowest BCUT2D eigenvalue weighted by Crippen LogP contribution is -2.44. The Morgan fingerprint density at radius 3 is 2.78 bits per heavy atom. The molecule has 3 aromatic rings. The fraction of sp³-hybridized carbons (Fsp3) is 0.448. The number of hydrogen-bond acceptors (Lipinski definition) is 6. The second-order valence-electron chi connectivity index (χ2n) is 9.69. The molecule has 1 saturated heterocycles. The van der Waals surface area contributed by atoms with Crippen LogP contribution in [0.5, 0.6) is 5.75 Å². The van der Waals surface area contributed by atoms with Crippen molar-refractivity contribution >= 4 is 28.6 Å². The third-order valence-corrected chi connectivity index (χ3v) is 8.32. The maximum absolute atomic E-state index is 12.1. The molecule has 1 aliphatic heterocycles. The van der Waals surface area contributed by atoms with E-state index in [1.807, 2.05) is 36.0 Å². The Hall–Kier alpha value is -2.61. The molecule has 4 rings (SSSR count). The van der Waals surface area contributed by atoms with Gasteiger partial charge in [0.2, 0.25) is 0 Å². The number of piperidine rings is 1. The molecule has 1 unspecified atom stereocenters. The molecule has 0 aliphatic carbocycles. The number of pyridine rings is 1. The number of ether oxygens (including phenoxy) is 1. The predicted molar refractivity (Wildman–Crippen MR) is 145 cm³/mol. The summed E-state index contributed by atoms with van der Waals surface area (Å²) in [5.74, 6) is 0.687. The normalized spacial score (nSPS) is 19.3. The van der Waals surface area contributed by atoms with Crippen molar-refractivity contribution in [3.63, 3.8) is 0 Å². The second kappa shape index (κ2) is 12.6. The van der Waals surface area contributed by atoms with E-state index in [2.05, 4.69) is 41.1 Å². The molecule has 2 N–H and O–H groups in total. The summed E-state index contributed by atoms with van der Waals surface area (Å²) >= 11 is 1.85. The number of carbonyl (C=O) groups is 1. The summed E-state index contributed by atoms with van der Waals surface area (Å²) in [7, 11) is 1.62. The highest BCUT2D eigenvalue weighted by Gasteiger charge is 2.34. The third kappa shape index (κ3) is 6.78. The van der Waals surface area contributed by atoms with Gasteiger partial charge in [0.25, 0.3) is 0 Å². The molecule has 0 amide bonds. The van der Waals surface area contributed by atoms with Crippen LogP contribution in [0.15, 0.2) is 59.6 Å². The average molecular weight is 509 g/mol. The SMILES string of the molecule is COc1ccc2nccc(C(O)CC[C@@H]3CCN(CCCSc4ccc(C)cc4)C[C@@H]3C(=O)O)c2c1. The number of aryl methyl sites for hydroxylation is 1. The molecule has 0 radical (unpaired) electrons. The van der Waals surface area contributed by atoms with Gasteiger partial charge in [0, 0.05) is 23.0 Å². The van der Waals surface area contributed by atoms with E-state index < -0.39 is 18.0 Å². The molecule has 2 heterocycles. The summed E-state index contributed by atoms with van der Waals surface area (Å²) in [6, 6.07) is 16.1. The lowest BCUT2D eigenvalue weighted by molar-refractivity contribution is -0.146. The number of carboxylic acid groups (broad SMARTS) is 1. The van der Waals surface area contributed by atoms with E-state index in [-0.39, 0.29) is 5.92 Å². The number of aliphatic hydroxyl groups is 1. The molecule has 1 aromatic heterocycles. The number of aromatic nitrogens is 1. The Balaban J connectivity index is 1.29. The maximum Gasteiger partial charge on any atom is 0.308 e. The number of benzene rings is 2. The molecule has 2 aromatic carbocycles. The van der Waals surface area contributed by atoms with Crippen molar-refractivity contribution in [1.29, 1.82) is 0 Å². The van der Waals surface area contributed by atoms with Gasteiger partial charge in [0.15, 0.2) is 0 Å². The molecular weight excluding hydrogens is 472 g/mol. The van der Waals surface area contributed by atoms with E-state index in [1.165, 1.54) is 10.5 Å². The Bertz CT molecular complexity index is 1150. The largest absolute Gasteiger partial charge is 0.497 e. The van der Waals surface area contributed by atoms with E-state index in [1.54, 1.807) is 13.3 Å². The maximum atomic E-state index is 12.1. The molecule has 1 fully saturated rings. The number of nitrogens with zero attached hydrogens (tertiary/aromatic N) is 2. The minimum atomic E-state index is -0.729. The van der Waals surface area contributed by atoms with Crippen LogP contribution in [0.1, 0.15) is 42.9 Å². The van der Waals surface area contributed by atoms with Crippen molar-refractivity contribution in [3.05, 3.63) is 65.9 Å². The van der Waals surface area contributed by atoms with Gasteiger partial charge in [0.05, 0.1) is 24.6 Å². The number of aliphatic hydroxyl groups excluding tert-OH is 1. The highest BCUT2D eigenvalue weighted by Crippen LogP contribution is 2.34. The van der Waals surface area contributed by atoms with Gasteiger partial charge in [0.1, 0.15) is 5.75 Å².